The van der Waals surface area contributed by atoms with Crippen molar-refractivity contribution in [1.29, 1.82) is 5.26 Å². The van der Waals surface area contributed by atoms with Crippen LogP contribution in [0.3, 0.4) is 0 Å². The maximum absolute atomic E-state index is 12.6. The van der Waals surface area contributed by atoms with Gasteiger partial charge in [-0.3, -0.25) is 14.9 Å². The van der Waals surface area contributed by atoms with Crippen molar-refractivity contribution in [2.24, 2.45) is 0 Å². The van der Waals surface area contributed by atoms with Gasteiger partial charge in [-0.05, 0) is 44.2 Å². The van der Waals surface area contributed by atoms with Crippen molar-refractivity contribution in [2.45, 2.75) is 45.4 Å². The lowest BCUT2D eigenvalue weighted by atomic mass is 9.97. The average molecular weight is 369 g/mol. The molecule has 1 N–H and O–H groups in total. The average Bonchev–Trinajstić information content (AvgIpc) is 2.90. The molecule has 0 fully saturated rings. The molecule has 1 amide bonds. The first kappa shape index (κ1) is 18.1. The third-order valence-electron chi connectivity index (χ3n) is 4.68. The van der Waals surface area contributed by atoms with Crippen LogP contribution in [0.25, 0.3) is 0 Å². The lowest BCUT2D eigenvalue weighted by Gasteiger charge is -2.08. The van der Waals surface area contributed by atoms with E-state index in [1.54, 1.807) is 19.1 Å². The Morgan fingerprint density at radius 3 is 2.69 bits per heavy atom. The molecule has 0 aliphatic heterocycles. The van der Waals surface area contributed by atoms with Crippen LogP contribution in [0, 0.1) is 28.4 Å². The Balaban J connectivity index is 1.90. The van der Waals surface area contributed by atoms with Gasteiger partial charge in [0.2, 0.25) is 0 Å². The Morgan fingerprint density at radius 1 is 1.27 bits per heavy atom. The minimum Gasteiger partial charge on any atom is -0.312 e. The molecule has 0 spiro atoms. The fourth-order valence-corrected chi connectivity index (χ4v) is 4.48. The number of anilines is 1. The number of nitrogens with one attached hydrogen (secondary N) is 1. The number of fused-ring (bicyclic) bond motifs is 1. The summed E-state index contributed by atoms with van der Waals surface area (Å²) in [5, 5.41) is 24.0. The molecule has 1 aromatic heterocycles. The standard InChI is InChI=1S/C19H19N3O3S/c1-12-8-9-13(10-16(12)22(24)25)18(23)21-19-15(11-20)14-6-4-2-3-5-7-17(14)26-19/h8-10H,2-7H2,1H3,(H,21,23). The highest BCUT2D eigenvalue weighted by molar-refractivity contribution is 7.16. The predicted octanol–water partition coefficient (Wildman–Crippen LogP) is 4.75. The Kier molecular flexibility index (Phi) is 5.33. The maximum atomic E-state index is 12.6. The van der Waals surface area contributed by atoms with Gasteiger partial charge in [0.25, 0.3) is 11.6 Å². The first-order chi connectivity index (χ1) is 12.5. The number of carbonyl (C=O) groups is 1. The summed E-state index contributed by atoms with van der Waals surface area (Å²) in [7, 11) is 0. The van der Waals surface area contributed by atoms with E-state index >= 15 is 0 Å². The van der Waals surface area contributed by atoms with Crippen LogP contribution in [-0.4, -0.2) is 10.8 Å². The first-order valence-corrected chi connectivity index (χ1v) is 9.44. The van der Waals surface area contributed by atoms with Crippen LogP contribution in [0.4, 0.5) is 10.7 Å². The van der Waals surface area contributed by atoms with Crippen LogP contribution in [0.2, 0.25) is 0 Å². The van der Waals surface area contributed by atoms with Crippen molar-refractivity contribution in [1.82, 2.24) is 0 Å². The molecule has 7 heteroatoms. The summed E-state index contributed by atoms with van der Waals surface area (Å²) in [6.07, 6.45) is 6.29. The Hall–Kier alpha value is -2.72. The fourth-order valence-electron chi connectivity index (χ4n) is 3.25. The SMILES string of the molecule is Cc1ccc(C(=O)Nc2sc3c(c2C#N)CCCCCC3)cc1[N+](=O)[O-]. The van der Waals surface area contributed by atoms with Crippen LogP contribution in [-0.2, 0) is 12.8 Å². The number of aryl methyl sites for hydroxylation is 2. The number of nitriles is 1. The predicted molar refractivity (Wildman–Crippen MR) is 101 cm³/mol. The van der Waals surface area contributed by atoms with E-state index in [2.05, 4.69) is 11.4 Å². The number of nitro benzene ring substituents is 1. The van der Waals surface area contributed by atoms with Gasteiger partial charge in [0, 0.05) is 22.1 Å². The molecule has 1 heterocycles. The molecule has 1 aromatic carbocycles. The summed E-state index contributed by atoms with van der Waals surface area (Å²) < 4.78 is 0. The molecule has 1 aliphatic carbocycles. The second-order valence-electron chi connectivity index (χ2n) is 6.45. The summed E-state index contributed by atoms with van der Waals surface area (Å²) in [5.74, 6) is -0.432. The number of carbonyl (C=O) groups excluding carboxylic acids is 1. The number of nitrogens with zero attached hydrogens (tertiary/aromatic N) is 2. The highest BCUT2D eigenvalue weighted by atomic mass is 32.1. The molecular formula is C19H19N3O3S. The quantitative estimate of drug-likeness (QED) is 0.624. The van der Waals surface area contributed by atoms with Gasteiger partial charge in [0.05, 0.1) is 10.5 Å². The second-order valence-corrected chi connectivity index (χ2v) is 7.55. The summed E-state index contributed by atoms with van der Waals surface area (Å²) >= 11 is 1.46. The topological polar surface area (TPSA) is 96.0 Å². The summed E-state index contributed by atoms with van der Waals surface area (Å²) in [6.45, 7) is 1.63. The van der Waals surface area contributed by atoms with E-state index in [9.17, 15) is 20.2 Å². The minimum atomic E-state index is -0.496. The molecule has 0 bridgehead atoms. The van der Waals surface area contributed by atoms with Gasteiger partial charge in [-0.15, -0.1) is 11.3 Å². The number of benzene rings is 1. The largest absolute Gasteiger partial charge is 0.312 e. The lowest BCUT2D eigenvalue weighted by Crippen LogP contribution is -2.12. The van der Waals surface area contributed by atoms with Crippen molar-refractivity contribution >= 4 is 27.9 Å². The maximum Gasteiger partial charge on any atom is 0.273 e. The number of hydrogen-bond donors (Lipinski definition) is 1. The number of hydrogen-bond acceptors (Lipinski definition) is 5. The molecule has 0 unspecified atom stereocenters. The van der Waals surface area contributed by atoms with Crippen molar-refractivity contribution in [3.63, 3.8) is 0 Å². The monoisotopic (exact) mass is 369 g/mol. The summed E-state index contributed by atoms with van der Waals surface area (Å²) in [4.78, 5) is 24.3. The molecule has 3 rings (SSSR count). The third-order valence-corrected chi connectivity index (χ3v) is 5.89. The fraction of sp³-hybridized carbons (Fsp3) is 0.368. The van der Waals surface area contributed by atoms with E-state index in [-0.39, 0.29) is 11.3 Å². The molecule has 26 heavy (non-hydrogen) atoms. The zero-order valence-corrected chi connectivity index (χ0v) is 15.3. The van der Waals surface area contributed by atoms with E-state index < -0.39 is 10.8 Å². The van der Waals surface area contributed by atoms with E-state index in [1.807, 2.05) is 0 Å². The molecule has 1 aliphatic rings. The molecule has 0 radical (unpaired) electrons. The number of rotatable bonds is 3. The van der Waals surface area contributed by atoms with Crippen LogP contribution >= 0.6 is 11.3 Å². The van der Waals surface area contributed by atoms with E-state index in [1.165, 1.54) is 28.7 Å². The lowest BCUT2D eigenvalue weighted by molar-refractivity contribution is -0.385. The molecule has 2 aromatic rings. The zero-order chi connectivity index (χ0) is 18.7. The van der Waals surface area contributed by atoms with Gasteiger partial charge < -0.3 is 5.32 Å². The third kappa shape index (κ3) is 3.60. The van der Waals surface area contributed by atoms with Crippen molar-refractivity contribution in [3.8, 4) is 6.07 Å². The number of nitro groups is 1. The summed E-state index contributed by atoms with van der Waals surface area (Å²) in [6, 6.07) is 6.64. The van der Waals surface area contributed by atoms with Gasteiger partial charge >= 0.3 is 0 Å². The molecule has 0 saturated heterocycles. The Bertz CT molecular complexity index is 911. The van der Waals surface area contributed by atoms with Gasteiger partial charge in [-0.25, -0.2) is 0 Å². The first-order valence-electron chi connectivity index (χ1n) is 8.62. The van der Waals surface area contributed by atoms with Crippen molar-refractivity contribution in [3.05, 3.63) is 55.4 Å². The molecule has 0 atom stereocenters. The van der Waals surface area contributed by atoms with E-state index in [0.717, 1.165) is 37.7 Å². The Morgan fingerprint density at radius 2 is 2.00 bits per heavy atom. The molecular weight excluding hydrogens is 350 g/mol. The molecule has 0 saturated carbocycles. The van der Waals surface area contributed by atoms with Crippen molar-refractivity contribution in [2.75, 3.05) is 5.32 Å². The van der Waals surface area contributed by atoms with E-state index in [0.29, 0.717) is 16.1 Å². The van der Waals surface area contributed by atoms with Crippen LogP contribution < -0.4 is 5.32 Å². The highest BCUT2D eigenvalue weighted by Crippen LogP contribution is 2.36. The van der Waals surface area contributed by atoms with Crippen LogP contribution in [0.5, 0.6) is 0 Å². The second kappa shape index (κ2) is 7.67. The Labute approximate surface area is 155 Å². The number of amides is 1. The molecule has 134 valence electrons. The van der Waals surface area contributed by atoms with Gasteiger partial charge in [-0.2, -0.15) is 5.26 Å². The minimum absolute atomic E-state index is 0.0865. The van der Waals surface area contributed by atoms with Gasteiger partial charge in [0.15, 0.2) is 0 Å². The van der Waals surface area contributed by atoms with Crippen LogP contribution in [0.1, 0.15) is 57.6 Å². The summed E-state index contributed by atoms with van der Waals surface area (Å²) in [5.41, 5.74) is 2.23. The molecule has 6 nitrogen and oxygen atoms in total. The zero-order valence-electron chi connectivity index (χ0n) is 14.5. The smallest absolute Gasteiger partial charge is 0.273 e. The highest BCUT2D eigenvalue weighted by Gasteiger charge is 2.22. The normalized spacial score (nSPS) is 13.8. The number of thiophene rings is 1. The van der Waals surface area contributed by atoms with Crippen LogP contribution in [0.15, 0.2) is 18.2 Å². The van der Waals surface area contributed by atoms with Crippen molar-refractivity contribution < 1.29 is 9.72 Å². The van der Waals surface area contributed by atoms with Gasteiger partial charge in [0.1, 0.15) is 11.1 Å². The van der Waals surface area contributed by atoms with E-state index in [4.69, 9.17) is 0 Å². The van der Waals surface area contributed by atoms with Gasteiger partial charge in [-0.1, -0.05) is 18.9 Å².